The molecule has 0 aliphatic carbocycles. The Balaban J connectivity index is 1.44. The molecule has 1 aliphatic heterocycles. The highest BCUT2D eigenvalue weighted by molar-refractivity contribution is 7.99. The molecule has 4 rings (SSSR count). The van der Waals surface area contributed by atoms with Gasteiger partial charge in [-0.05, 0) is 59.9 Å². The fraction of sp³-hybridized carbons (Fsp3) is 0.250. The fourth-order valence-corrected chi connectivity index (χ4v) is 4.20. The Morgan fingerprint density at radius 3 is 2.79 bits per heavy atom. The summed E-state index contributed by atoms with van der Waals surface area (Å²) in [5.74, 6) is 0.166. The minimum atomic E-state index is -0.0877. The molecule has 0 saturated carbocycles. The molecule has 0 radical (unpaired) electrons. The molecule has 28 heavy (non-hydrogen) atoms. The van der Waals surface area contributed by atoms with Crippen molar-refractivity contribution in [3.05, 3.63) is 59.9 Å². The highest BCUT2D eigenvalue weighted by atomic mass is 35.5. The Hall–Kier alpha value is -2.51. The van der Waals surface area contributed by atoms with Crippen molar-refractivity contribution in [2.45, 2.75) is 18.0 Å². The van der Waals surface area contributed by atoms with Crippen molar-refractivity contribution < 1.29 is 9.48 Å². The fourth-order valence-electron chi connectivity index (χ4n) is 3.28. The number of carbonyl (C=O) groups excluding carboxylic acids is 1. The molecule has 0 atom stereocenters. The zero-order valence-electron chi connectivity index (χ0n) is 15.3. The molecule has 1 amide bonds. The van der Waals surface area contributed by atoms with E-state index < -0.39 is 0 Å². The largest absolute Gasteiger partial charge is 0.385 e. The number of aromatic amines is 1. The van der Waals surface area contributed by atoms with E-state index in [1.165, 1.54) is 24.6 Å². The first kappa shape index (κ1) is 18.8. The maximum absolute atomic E-state index is 12.6. The molecule has 3 aromatic rings. The number of nitrogens with one attached hydrogen (secondary N) is 2. The van der Waals surface area contributed by atoms with Gasteiger partial charge in [0, 0.05) is 18.1 Å². The second-order valence-electron chi connectivity index (χ2n) is 6.53. The van der Waals surface area contributed by atoms with Crippen LogP contribution in [-0.2, 0) is 4.79 Å². The number of anilines is 2. The van der Waals surface area contributed by atoms with Crippen molar-refractivity contribution in [2.75, 3.05) is 29.1 Å². The monoisotopic (exact) mass is 414 g/mol. The first-order valence-corrected chi connectivity index (χ1v) is 10.5. The smallest absolute Gasteiger partial charge is 0.370 e. The van der Waals surface area contributed by atoms with E-state index in [2.05, 4.69) is 20.3 Å². The van der Waals surface area contributed by atoms with Gasteiger partial charge in [0.25, 0.3) is 0 Å². The first-order valence-electron chi connectivity index (χ1n) is 9.19. The van der Waals surface area contributed by atoms with E-state index >= 15 is 0 Å². The Kier molecular flexibility index (Phi) is 5.83. The summed E-state index contributed by atoms with van der Waals surface area (Å²) in [7, 11) is 0. The van der Waals surface area contributed by atoms with Crippen LogP contribution in [0.3, 0.4) is 0 Å². The molecule has 2 aromatic carbocycles. The Morgan fingerprint density at radius 2 is 2.00 bits per heavy atom. The van der Waals surface area contributed by atoms with Crippen molar-refractivity contribution >= 4 is 40.6 Å². The van der Waals surface area contributed by atoms with Crippen molar-refractivity contribution in [1.82, 2.24) is 10.1 Å². The summed E-state index contributed by atoms with van der Waals surface area (Å²) < 4.78 is 1.85. The SMILES string of the molecule is O=C(CSc1nc[nH][n+]1-c1ccccc1)Nc1cc(Cl)ccc1N1CCCC1. The average molecular weight is 415 g/mol. The lowest BCUT2D eigenvalue weighted by atomic mass is 10.2. The molecule has 2 N–H and O–H groups in total. The Bertz CT molecular complexity index is 956. The summed E-state index contributed by atoms with van der Waals surface area (Å²) in [5, 5.41) is 7.43. The van der Waals surface area contributed by atoms with Crippen LogP contribution < -0.4 is 14.9 Å². The van der Waals surface area contributed by atoms with Gasteiger partial charge in [0.15, 0.2) is 5.69 Å². The summed E-state index contributed by atoms with van der Waals surface area (Å²) >= 11 is 7.54. The molecule has 2 heterocycles. The van der Waals surface area contributed by atoms with Gasteiger partial charge in [-0.3, -0.25) is 4.79 Å². The van der Waals surface area contributed by atoms with E-state index in [9.17, 15) is 4.79 Å². The van der Waals surface area contributed by atoms with Crippen LogP contribution in [0, 0.1) is 0 Å². The van der Waals surface area contributed by atoms with Gasteiger partial charge in [0.05, 0.1) is 17.1 Å². The molecule has 6 nitrogen and oxygen atoms in total. The number of aromatic nitrogens is 3. The highest BCUT2D eigenvalue weighted by Crippen LogP contribution is 2.31. The van der Waals surface area contributed by atoms with Crippen LogP contribution >= 0.6 is 23.4 Å². The van der Waals surface area contributed by atoms with Crippen molar-refractivity contribution in [3.63, 3.8) is 0 Å². The summed E-state index contributed by atoms with van der Waals surface area (Å²) in [6.45, 7) is 2.01. The van der Waals surface area contributed by atoms with E-state index in [1.54, 1.807) is 6.33 Å². The maximum atomic E-state index is 12.6. The maximum Gasteiger partial charge on any atom is 0.385 e. The van der Waals surface area contributed by atoms with E-state index in [1.807, 2.05) is 53.2 Å². The third kappa shape index (κ3) is 4.31. The minimum absolute atomic E-state index is 0.0877. The molecule has 8 heteroatoms. The second kappa shape index (κ2) is 8.67. The number of hydrogen-bond donors (Lipinski definition) is 2. The molecule has 1 saturated heterocycles. The normalized spacial score (nSPS) is 13.7. The summed E-state index contributed by atoms with van der Waals surface area (Å²) in [4.78, 5) is 19.2. The predicted molar refractivity (Wildman–Crippen MR) is 112 cm³/mol. The Labute approximate surface area is 172 Å². The van der Waals surface area contributed by atoms with Crippen LogP contribution in [0.2, 0.25) is 5.02 Å². The number of H-pyrrole nitrogens is 1. The summed E-state index contributed by atoms with van der Waals surface area (Å²) in [5.41, 5.74) is 2.76. The van der Waals surface area contributed by atoms with Gasteiger partial charge in [-0.2, -0.15) is 5.10 Å². The number of amides is 1. The summed E-state index contributed by atoms with van der Waals surface area (Å²) in [6.07, 6.45) is 3.96. The predicted octanol–water partition coefficient (Wildman–Crippen LogP) is 3.67. The Morgan fingerprint density at radius 1 is 1.21 bits per heavy atom. The van der Waals surface area contributed by atoms with Crippen molar-refractivity contribution in [1.29, 1.82) is 0 Å². The zero-order valence-corrected chi connectivity index (χ0v) is 16.8. The average Bonchev–Trinajstić information content (AvgIpc) is 3.39. The molecule has 0 spiro atoms. The molecule has 1 fully saturated rings. The zero-order chi connectivity index (χ0) is 19.3. The summed E-state index contributed by atoms with van der Waals surface area (Å²) in [6, 6.07) is 15.5. The van der Waals surface area contributed by atoms with Gasteiger partial charge in [-0.25, -0.2) is 0 Å². The van der Waals surface area contributed by atoms with Crippen LogP contribution in [0.25, 0.3) is 5.69 Å². The van der Waals surface area contributed by atoms with Gasteiger partial charge in [0.2, 0.25) is 12.2 Å². The molecular weight excluding hydrogens is 394 g/mol. The molecule has 1 aliphatic rings. The van der Waals surface area contributed by atoms with Crippen LogP contribution in [-0.4, -0.2) is 34.8 Å². The molecule has 0 unspecified atom stereocenters. The van der Waals surface area contributed by atoms with E-state index in [-0.39, 0.29) is 11.7 Å². The highest BCUT2D eigenvalue weighted by Gasteiger charge is 2.20. The number of carbonyl (C=O) groups is 1. The van der Waals surface area contributed by atoms with E-state index in [0.29, 0.717) is 5.02 Å². The van der Waals surface area contributed by atoms with Gasteiger partial charge in [-0.15, -0.1) is 4.68 Å². The van der Waals surface area contributed by atoms with Gasteiger partial charge in [0.1, 0.15) is 0 Å². The van der Waals surface area contributed by atoms with Crippen LogP contribution in [0.5, 0.6) is 0 Å². The quantitative estimate of drug-likeness (QED) is 0.477. The molecule has 0 bridgehead atoms. The third-order valence-electron chi connectivity index (χ3n) is 4.58. The minimum Gasteiger partial charge on any atom is -0.370 e. The molecule has 1 aromatic heterocycles. The van der Waals surface area contributed by atoms with Gasteiger partial charge in [-0.1, -0.05) is 29.8 Å². The number of nitrogens with zero attached hydrogens (tertiary/aromatic N) is 3. The topological polar surface area (TPSA) is 64.9 Å². The number of thioether (sulfide) groups is 1. The number of benzene rings is 2. The van der Waals surface area contributed by atoms with Gasteiger partial charge >= 0.3 is 5.16 Å². The van der Waals surface area contributed by atoms with Gasteiger partial charge < -0.3 is 10.2 Å². The number of halogens is 1. The van der Waals surface area contributed by atoms with Crippen molar-refractivity contribution in [2.24, 2.45) is 0 Å². The third-order valence-corrected chi connectivity index (χ3v) is 5.77. The van der Waals surface area contributed by atoms with E-state index in [4.69, 9.17) is 11.6 Å². The van der Waals surface area contributed by atoms with Crippen LogP contribution in [0.1, 0.15) is 12.8 Å². The number of rotatable bonds is 6. The van der Waals surface area contributed by atoms with Crippen LogP contribution in [0.15, 0.2) is 60.0 Å². The number of para-hydroxylation sites is 1. The lowest BCUT2D eigenvalue weighted by Gasteiger charge is -2.21. The number of hydrogen-bond acceptors (Lipinski definition) is 4. The van der Waals surface area contributed by atoms with Crippen molar-refractivity contribution in [3.8, 4) is 5.69 Å². The van der Waals surface area contributed by atoms with Crippen LogP contribution in [0.4, 0.5) is 11.4 Å². The molecule has 144 valence electrons. The first-order chi connectivity index (χ1) is 13.7. The van der Waals surface area contributed by atoms with E-state index in [0.717, 1.165) is 35.3 Å². The molecular formula is C20H21ClN5OS+. The standard InChI is InChI=1S/C20H20ClN5OS/c21-15-8-9-18(25-10-4-5-11-25)17(12-15)24-19(27)13-28-20-22-14-23-26(20)16-6-2-1-3-7-16/h1-3,6-9,12,14H,4-5,10-11,13H2,(H,24,27)/p+1. The second-order valence-corrected chi connectivity index (χ2v) is 7.91. The lowest BCUT2D eigenvalue weighted by molar-refractivity contribution is -0.694. The lowest BCUT2D eigenvalue weighted by Crippen LogP contribution is -2.35.